The van der Waals surface area contributed by atoms with E-state index >= 15 is 0 Å². The van der Waals surface area contributed by atoms with Crippen LogP contribution in [0.3, 0.4) is 0 Å². The van der Waals surface area contributed by atoms with Crippen molar-refractivity contribution < 1.29 is 22.7 Å². The summed E-state index contributed by atoms with van der Waals surface area (Å²) in [5, 5.41) is 2.67. The van der Waals surface area contributed by atoms with Crippen LogP contribution in [0, 0.1) is 0 Å². The predicted molar refractivity (Wildman–Crippen MR) is 160 cm³/mol. The van der Waals surface area contributed by atoms with E-state index in [0.29, 0.717) is 17.2 Å². The molecule has 0 bridgehead atoms. The minimum Gasteiger partial charge on any atom is -0.457 e. The first kappa shape index (κ1) is 29.4. The fraction of sp³-hybridized carbons (Fsp3) is 0.188. The van der Waals surface area contributed by atoms with Crippen LogP contribution in [0.25, 0.3) is 0 Å². The molecule has 1 atom stereocenters. The molecule has 0 heterocycles. The number of ether oxygens (including phenoxy) is 1. The lowest BCUT2D eigenvalue weighted by molar-refractivity contribution is -0.139. The van der Waals surface area contributed by atoms with Gasteiger partial charge in [-0.2, -0.15) is 0 Å². The molecule has 4 aromatic carbocycles. The maximum atomic E-state index is 14.0. The average Bonchev–Trinajstić information content (AvgIpc) is 2.98. The number of sulfonamides is 1. The Kier molecular flexibility index (Phi) is 9.76. The molecule has 0 aromatic heterocycles. The Balaban J connectivity index is 1.63. The first-order valence-electron chi connectivity index (χ1n) is 13.1. The summed E-state index contributed by atoms with van der Waals surface area (Å²) < 4.78 is 32.7. The van der Waals surface area contributed by atoms with Gasteiger partial charge in [-0.15, -0.1) is 0 Å². The van der Waals surface area contributed by atoms with Gasteiger partial charge in [0, 0.05) is 20.0 Å². The number of hydrogen-bond donors (Lipinski definition) is 1. The van der Waals surface area contributed by atoms with E-state index in [0.717, 1.165) is 21.7 Å². The average molecular weight is 572 g/mol. The monoisotopic (exact) mass is 571 g/mol. The van der Waals surface area contributed by atoms with Gasteiger partial charge in [-0.1, -0.05) is 78.9 Å². The van der Waals surface area contributed by atoms with Crippen molar-refractivity contribution in [3.8, 4) is 11.5 Å². The summed E-state index contributed by atoms with van der Waals surface area (Å²) in [5.74, 6) is 0.318. The van der Waals surface area contributed by atoms with E-state index in [2.05, 4.69) is 5.32 Å². The van der Waals surface area contributed by atoms with Crippen molar-refractivity contribution in [3.05, 3.63) is 126 Å². The van der Waals surface area contributed by atoms with Gasteiger partial charge < -0.3 is 15.0 Å². The lowest BCUT2D eigenvalue weighted by atomic mass is 10.0. The SMILES string of the molecule is CNC(=O)C(Cc1ccccc1)N(Cc1ccccc1)C(=O)CN(c1ccc(Oc2ccccc2)cc1)S(C)(=O)=O. The maximum Gasteiger partial charge on any atom is 0.244 e. The molecule has 0 aliphatic rings. The molecule has 2 amide bonds. The predicted octanol–water partition coefficient (Wildman–Crippen LogP) is 4.63. The fourth-order valence-electron chi connectivity index (χ4n) is 4.42. The van der Waals surface area contributed by atoms with Crippen LogP contribution in [0.15, 0.2) is 115 Å². The number of nitrogens with one attached hydrogen (secondary N) is 1. The molecule has 0 aliphatic heterocycles. The lowest BCUT2D eigenvalue weighted by Crippen LogP contribution is -2.52. The zero-order valence-corrected chi connectivity index (χ0v) is 23.8. The highest BCUT2D eigenvalue weighted by molar-refractivity contribution is 7.92. The lowest BCUT2D eigenvalue weighted by Gasteiger charge is -2.33. The van der Waals surface area contributed by atoms with Crippen LogP contribution in [-0.2, 0) is 32.6 Å². The Hall–Kier alpha value is -4.63. The van der Waals surface area contributed by atoms with Crippen molar-refractivity contribution in [2.24, 2.45) is 0 Å². The normalized spacial score (nSPS) is 11.8. The van der Waals surface area contributed by atoms with Crippen molar-refractivity contribution in [2.75, 3.05) is 24.2 Å². The topological polar surface area (TPSA) is 96.0 Å². The Morgan fingerprint density at radius 3 is 1.80 bits per heavy atom. The second kappa shape index (κ2) is 13.6. The van der Waals surface area contributed by atoms with Gasteiger partial charge in [-0.05, 0) is 47.5 Å². The molecule has 1 N–H and O–H groups in total. The number of para-hydroxylation sites is 1. The molecule has 0 spiro atoms. The number of carbonyl (C=O) groups excluding carboxylic acids is 2. The Bertz CT molecular complexity index is 1530. The molecular formula is C32H33N3O5S. The first-order chi connectivity index (χ1) is 19.7. The van der Waals surface area contributed by atoms with E-state index in [1.165, 1.54) is 11.9 Å². The summed E-state index contributed by atoms with van der Waals surface area (Å²) >= 11 is 0. The standard InChI is InChI=1S/C32H33N3O5S/c1-33-32(37)30(22-25-12-6-3-7-13-25)34(23-26-14-8-4-9-15-26)31(36)24-35(41(2,38)39)27-18-20-29(21-19-27)40-28-16-10-5-11-17-28/h3-21,30H,22-24H2,1-2H3,(H,33,37). The number of carbonyl (C=O) groups is 2. The summed E-state index contributed by atoms with van der Waals surface area (Å²) in [7, 11) is -2.34. The number of anilines is 1. The minimum absolute atomic E-state index is 0.131. The van der Waals surface area contributed by atoms with Crippen molar-refractivity contribution in [1.82, 2.24) is 10.2 Å². The highest BCUT2D eigenvalue weighted by Crippen LogP contribution is 2.26. The van der Waals surface area contributed by atoms with E-state index in [9.17, 15) is 18.0 Å². The van der Waals surface area contributed by atoms with Crippen molar-refractivity contribution >= 4 is 27.5 Å². The molecule has 1 unspecified atom stereocenters. The molecule has 212 valence electrons. The largest absolute Gasteiger partial charge is 0.457 e. The molecule has 0 saturated carbocycles. The quantitative estimate of drug-likeness (QED) is 0.268. The minimum atomic E-state index is -3.86. The molecule has 4 aromatic rings. The Morgan fingerprint density at radius 1 is 0.756 bits per heavy atom. The van der Waals surface area contributed by atoms with E-state index < -0.39 is 28.5 Å². The molecule has 0 fully saturated rings. The molecule has 0 aliphatic carbocycles. The summed E-state index contributed by atoms with van der Waals surface area (Å²) in [6.07, 6.45) is 1.32. The molecule has 0 saturated heterocycles. The van der Waals surface area contributed by atoms with Gasteiger partial charge in [0.2, 0.25) is 21.8 Å². The number of nitrogens with zero attached hydrogens (tertiary/aromatic N) is 2. The molecular weight excluding hydrogens is 538 g/mol. The van der Waals surface area contributed by atoms with Gasteiger partial charge in [-0.3, -0.25) is 13.9 Å². The second-order valence-corrected chi connectivity index (χ2v) is 11.4. The summed E-state index contributed by atoms with van der Waals surface area (Å²) in [4.78, 5) is 28.5. The molecule has 0 radical (unpaired) electrons. The third-order valence-electron chi connectivity index (χ3n) is 6.50. The van der Waals surface area contributed by atoms with Gasteiger partial charge >= 0.3 is 0 Å². The Labute approximate surface area is 241 Å². The van der Waals surface area contributed by atoms with Crippen LogP contribution in [0.1, 0.15) is 11.1 Å². The van der Waals surface area contributed by atoms with Gasteiger partial charge in [-0.25, -0.2) is 8.42 Å². The molecule has 4 rings (SSSR count). The van der Waals surface area contributed by atoms with Crippen molar-refractivity contribution in [3.63, 3.8) is 0 Å². The number of amides is 2. The van der Waals surface area contributed by atoms with Gasteiger partial charge in [0.15, 0.2) is 0 Å². The van der Waals surface area contributed by atoms with E-state index in [1.807, 2.05) is 91.0 Å². The van der Waals surface area contributed by atoms with E-state index in [1.54, 1.807) is 24.3 Å². The smallest absolute Gasteiger partial charge is 0.244 e. The fourth-order valence-corrected chi connectivity index (χ4v) is 5.27. The number of likely N-dealkylation sites (N-methyl/N-ethyl adjacent to an activating group) is 1. The van der Waals surface area contributed by atoms with Gasteiger partial charge in [0.05, 0.1) is 11.9 Å². The van der Waals surface area contributed by atoms with Crippen molar-refractivity contribution in [1.29, 1.82) is 0 Å². The van der Waals surface area contributed by atoms with Crippen molar-refractivity contribution in [2.45, 2.75) is 19.0 Å². The summed E-state index contributed by atoms with van der Waals surface area (Å²) in [6.45, 7) is -0.348. The zero-order valence-electron chi connectivity index (χ0n) is 23.0. The summed E-state index contributed by atoms with van der Waals surface area (Å²) in [6, 6.07) is 33.5. The zero-order chi connectivity index (χ0) is 29.2. The number of hydrogen-bond acceptors (Lipinski definition) is 5. The third-order valence-corrected chi connectivity index (χ3v) is 7.64. The van der Waals surface area contributed by atoms with E-state index in [4.69, 9.17) is 4.74 Å². The highest BCUT2D eigenvalue weighted by Gasteiger charge is 2.32. The van der Waals surface area contributed by atoms with Crippen LogP contribution < -0.4 is 14.4 Å². The molecule has 8 nitrogen and oxygen atoms in total. The number of benzene rings is 4. The highest BCUT2D eigenvalue weighted by atomic mass is 32.2. The first-order valence-corrected chi connectivity index (χ1v) is 15.0. The molecule has 41 heavy (non-hydrogen) atoms. The maximum absolute atomic E-state index is 14.0. The van der Waals surface area contributed by atoms with Crippen LogP contribution in [-0.4, -0.2) is 51.0 Å². The number of rotatable bonds is 12. The van der Waals surface area contributed by atoms with Crippen LogP contribution in [0.4, 0.5) is 5.69 Å². The van der Waals surface area contributed by atoms with Gasteiger partial charge in [0.1, 0.15) is 24.1 Å². The van der Waals surface area contributed by atoms with Crippen LogP contribution in [0.2, 0.25) is 0 Å². The van der Waals surface area contributed by atoms with Crippen LogP contribution in [0.5, 0.6) is 11.5 Å². The van der Waals surface area contributed by atoms with Gasteiger partial charge in [0.25, 0.3) is 0 Å². The van der Waals surface area contributed by atoms with Crippen LogP contribution >= 0.6 is 0 Å². The second-order valence-electron chi connectivity index (χ2n) is 9.51. The molecule has 9 heteroatoms. The third kappa shape index (κ3) is 8.18. The summed E-state index contributed by atoms with van der Waals surface area (Å²) in [5.41, 5.74) is 2.00. The van der Waals surface area contributed by atoms with E-state index in [-0.39, 0.29) is 18.9 Å². The Morgan fingerprint density at radius 2 is 1.27 bits per heavy atom.